The predicted molar refractivity (Wildman–Crippen MR) is 88.6 cm³/mol. The molecule has 2 N–H and O–H groups in total. The van der Waals surface area contributed by atoms with Crippen molar-refractivity contribution in [1.82, 2.24) is 9.97 Å². The standard InChI is InChI=1S/C16H14BrN3O/c1-10-5-4-8-13(15(10)17)18-9-14-19-12-7-3-2-6-11(12)16(21)20-14/h2-8,18H,9H2,1H3,(H,19,20,21). The van der Waals surface area contributed by atoms with Gasteiger partial charge in [-0.2, -0.15) is 0 Å². The first kappa shape index (κ1) is 13.8. The first-order valence-corrected chi connectivity index (χ1v) is 7.41. The van der Waals surface area contributed by atoms with Crippen molar-refractivity contribution in [3.05, 3.63) is 68.7 Å². The molecule has 3 rings (SSSR count). The van der Waals surface area contributed by atoms with Crippen LogP contribution in [-0.2, 0) is 6.54 Å². The average Bonchev–Trinajstić information content (AvgIpc) is 2.49. The van der Waals surface area contributed by atoms with E-state index in [0.717, 1.165) is 15.7 Å². The summed E-state index contributed by atoms with van der Waals surface area (Å²) < 4.78 is 1.02. The van der Waals surface area contributed by atoms with Gasteiger partial charge in [0.2, 0.25) is 0 Å². The number of hydrogen-bond acceptors (Lipinski definition) is 3. The van der Waals surface area contributed by atoms with Crippen molar-refractivity contribution in [2.45, 2.75) is 13.5 Å². The van der Waals surface area contributed by atoms with E-state index in [4.69, 9.17) is 0 Å². The summed E-state index contributed by atoms with van der Waals surface area (Å²) in [5.74, 6) is 0.618. The Kier molecular flexibility index (Phi) is 3.75. The number of halogens is 1. The Morgan fingerprint density at radius 1 is 1.19 bits per heavy atom. The van der Waals surface area contributed by atoms with Crippen LogP contribution in [0, 0.1) is 6.92 Å². The maximum absolute atomic E-state index is 12.0. The maximum atomic E-state index is 12.0. The molecule has 0 unspecified atom stereocenters. The fourth-order valence-corrected chi connectivity index (χ4v) is 2.59. The molecule has 0 fully saturated rings. The zero-order chi connectivity index (χ0) is 14.8. The highest BCUT2D eigenvalue weighted by Crippen LogP contribution is 2.25. The van der Waals surface area contributed by atoms with E-state index in [1.165, 1.54) is 0 Å². The monoisotopic (exact) mass is 343 g/mol. The van der Waals surface area contributed by atoms with E-state index in [2.05, 4.69) is 31.2 Å². The molecule has 0 bridgehead atoms. The van der Waals surface area contributed by atoms with Gasteiger partial charge in [-0.3, -0.25) is 4.79 Å². The van der Waals surface area contributed by atoms with Crippen LogP contribution in [0.1, 0.15) is 11.4 Å². The number of nitrogens with one attached hydrogen (secondary N) is 2. The predicted octanol–water partition coefficient (Wildman–Crippen LogP) is 3.61. The van der Waals surface area contributed by atoms with Crippen molar-refractivity contribution in [1.29, 1.82) is 0 Å². The average molecular weight is 344 g/mol. The quantitative estimate of drug-likeness (QED) is 0.763. The van der Waals surface area contributed by atoms with Crippen LogP contribution in [0.25, 0.3) is 10.9 Å². The lowest BCUT2D eigenvalue weighted by atomic mass is 10.2. The molecule has 1 heterocycles. The normalized spacial score (nSPS) is 10.8. The minimum absolute atomic E-state index is 0.110. The fourth-order valence-electron chi connectivity index (χ4n) is 2.18. The van der Waals surface area contributed by atoms with Crippen LogP contribution in [0.3, 0.4) is 0 Å². The van der Waals surface area contributed by atoms with Crippen LogP contribution >= 0.6 is 15.9 Å². The summed E-state index contributed by atoms with van der Waals surface area (Å²) in [6, 6.07) is 13.3. The molecular formula is C16H14BrN3O. The Morgan fingerprint density at radius 3 is 2.86 bits per heavy atom. The van der Waals surface area contributed by atoms with Gasteiger partial charge >= 0.3 is 0 Å². The number of para-hydroxylation sites is 1. The fraction of sp³-hybridized carbons (Fsp3) is 0.125. The SMILES string of the molecule is Cc1cccc(NCc2nc3ccccc3c(=O)[nH]2)c1Br. The third kappa shape index (κ3) is 2.83. The molecule has 0 aliphatic heterocycles. The van der Waals surface area contributed by atoms with Gasteiger partial charge in [0.25, 0.3) is 5.56 Å². The third-order valence-corrected chi connectivity index (χ3v) is 4.35. The van der Waals surface area contributed by atoms with Gasteiger partial charge in [0.05, 0.1) is 17.4 Å². The highest BCUT2D eigenvalue weighted by Gasteiger charge is 2.05. The van der Waals surface area contributed by atoms with E-state index < -0.39 is 0 Å². The smallest absolute Gasteiger partial charge is 0.258 e. The van der Waals surface area contributed by atoms with Gasteiger partial charge in [0.1, 0.15) is 5.82 Å². The summed E-state index contributed by atoms with van der Waals surface area (Å²) >= 11 is 3.55. The molecule has 0 saturated heterocycles. The lowest BCUT2D eigenvalue weighted by Gasteiger charge is -2.10. The lowest BCUT2D eigenvalue weighted by Crippen LogP contribution is -2.14. The van der Waals surface area contributed by atoms with Gasteiger partial charge in [-0.15, -0.1) is 0 Å². The Hall–Kier alpha value is -2.14. The van der Waals surface area contributed by atoms with Crippen molar-refractivity contribution in [2.24, 2.45) is 0 Å². The van der Waals surface area contributed by atoms with Crippen LogP contribution in [0.15, 0.2) is 51.7 Å². The first-order valence-electron chi connectivity index (χ1n) is 6.62. The van der Waals surface area contributed by atoms with Crippen molar-refractivity contribution < 1.29 is 0 Å². The molecule has 106 valence electrons. The molecule has 21 heavy (non-hydrogen) atoms. The van der Waals surface area contributed by atoms with Crippen LogP contribution in [0.5, 0.6) is 0 Å². The van der Waals surface area contributed by atoms with E-state index in [-0.39, 0.29) is 5.56 Å². The number of fused-ring (bicyclic) bond motifs is 1. The Bertz CT molecular complexity index is 858. The van der Waals surface area contributed by atoms with Gasteiger partial charge < -0.3 is 10.3 Å². The molecule has 5 heteroatoms. The summed E-state index contributed by atoms with van der Waals surface area (Å²) in [5.41, 5.74) is 2.73. The molecule has 4 nitrogen and oxygen atoms in total. The molecule has 2 aromatic carbocycles. The van der Waals surface area contributed by atoms with Gasteiger partial charge in [-0.25, -0.2) is 4.98 Å². The topological polar surface area (TPSA) is 57.8 Å². The number of aromatic nitrogens is 2. The number of rotatable bonds is 3. The number of aromatic amines is 1. The van der Waals surface area contributed by atoms with Crippen molar-refractivity contribution >= 4 is 32.5 Å². The lowest BCUT2D eigenvalue weighted by molar-refractivity contribution is 0.952. The second-order valence-corrected chi connectivity index (χ2v) is 5.61. The molecule has 0 aliphatic rings. The summed E-state index contributed by atoms with van der Waals surface area (Å²) in [7, 11) is 0. The summed E-state index contributed by atoms with van der Waals surface area (Å²) in [6.45, 7) is 2.49. The summed E-state index contributed by atoms with van der Waals surface area (Å²) in [6.07, 6.45) is 0. The molecule has 0 saturated carbocycles. The maximum Gasteiger partial charge on any atom is 0.258 e. The largest absolute Gasteiger partial charge is 0.377 e. The molecule has 0 aliphatic carbocycles. The summed E-state index contributed by atoms with van der Waals surface area (Å²) in [4.78, 5) is 19.3. The molecule has 0 radical (unpaired) electrons. The zero-order valence-corrected chi connectivity index (χ0v) is 13.1. The second kappa shape index (κ2) is 5.69. The van der Waals surface area contributed by atoms with E-state index >= 15 is 0 Å². The van der Waals surface area contributed by atoms with Crippen molar-refractivity contribution in [3.63, 3.8) is 0 Å². The minimum atomic E-state index is -0.110. The number of nitrogens with zero attached hydrogens (tertiary/aromatic N) is 1. The number of H-pyrrole nitrogens is 1. The van der Waals surface area contributed by atoms with Crippen LogP contribution in [0.4, 0.5) is 5.69 Å². The number of benzene rings is 2. The minimum Gasteiger partial charge on any atom is -0.377 e. The number of anilines is 1. The Balaban J connectivity index is 1.89. The Labute approximate surface area is 130 Å². The highest BCUT2D eigenvalue weighted by atomic mass is 79.9. The van der Waals surface area contributed by atoms with Crippen LogP contribution in [0.2, 0.25) is 0 Å². The molecule has 3 aromatic rings. The number of hydrogen-bond donors (Lipinski definition) is 2. The molecule has 1 aromatic heterocycles. The van der Waals surface area contributed by atoms with E-state index in [1.807, 2.05) is 43.3 Å². The van der Waals surface area contributed by atoms with Crippen LogP contribution < -0.4 is 10.9 Å². The third-order valence-electron chi connectivity index (χ3n) is 3.30. The van der Waals surface area contributed by atoms with Gasteiger partial charge in [-0.1, -0.05) is 24.3 Å². The van der Waals surface area contributed by atoms with Crippen molar-refractivity contribution in [3.8, 4) is 0 Å². The molecule has 0 spiro atoms. The zero-order valence-electron chi connectivity index (χ0n) is 11.5. The van der Waals surface area contributed by atoms with Gasteiger partial charge in [-0.05, 0) is 46.6 Å². The van der Waals surface area contributed by atoms with Gasteiger partial charge in [0, 0.05) is 10.2 Å². The van der Waals surface area contributed by atoms with Crippen LogP contribution in [-0.4, -0.2) is 9.97 Å². The second-order valence-electron chi connectivity index (χ2n) is 4.82. The summed E-state index contributed by atoms with van der Waals surface area (Å²) in [5, 5.41) is 3.89. The molecule has 0 amide bonds. The highest BCUT2D eigenvalue weighted by molar-refractivity contribution is 9.10. The van der Waals surface area contributed by atoms with Crippen molar-refractivity contribution in [2.75, 3.05) is 5.32 Å². The van der Waals surface area contributed by atoms with E-state index in [1.54, 1.807) is 6.07 Å². The van der Waals surface area contributed by atoms with Gasteiger partial charge in [0.15, 0.2) is 0 Å². The van der Waals surface area contributed by atoms with E-state index in [0.29, 0.717) is 23.3 Å². The first-order chi connectivity index (χ1) is 10.1. The number of aryl methyl sites for hydroxylation is 1. The Morgan fingerprint density at radius 2 is 2.00 bits per heavy atom. The van der Waals surface area contributed by atoms with E-state index in [9.17, 15) is 4.79 Å². The molecule has 0 atom stereocenters. The molecular weight excluding hydrogens is 330 g/mol.